The Balaban J connectivity index is 2.66. The normalized spacial score (nSPS) is 19.2. The van der Waals surface area contributed by atoms with Crippen molar-refractivity contribution in [2.24, 2.45) is 0 Å². The Morgan fingerprint density at radius 1 is 1.70 bits per heavy atom. The van der Waals surface area contributed by atoms with Gasteiger partial charge in [0.2, 0.25) is 5.91 Å². The highest BCUT2D eigenvalue weighted by molar-refractivity contribution is 5.88. The van der Waals surface area contributed by atoms with Crippen LogP contribution in [0.3, 0.4) is 0 Å². The SMILES string of the molecule is CCC1=CC(=O)N(C)CC1. The Bertz CT molecular complexity index is 172. The van der Waals surface area contributed by atoms with Crippen LogP contribution in [0.2, 0.25) is 0 Å². The maximum atomic E-state index is 11.0. The number of amides is 1. The van der Waals surface area contributed by atoms with E-state index in [9.17, 15) is 4.79 Å². The zero-order valence-electron chi connectivity index (χ0n) is 6.55. The second-order valence-electron chi connectivity index (χ2n) is 2.67. The molecule has 0 aliphatic carbocycles. The van der Waals surface area contributed by atoms with Gasteiger partial charge in [-0.1, -0.05) is 12.5 Å². The summed E-state index contributed by atoms with van der Waals surface area (Å²) in [5.74, 6) is 0.156. The molecule has 1 aliphatic rings. The van der Waals surface area contributed by atoms with Gasteiger partial charge in [0.05, 0.1) is 0 Å². The molecule has 0 aromatic rings. The van der Waals surface area contributed by atoms with Crippen LogP contribution in [0.15, 0.2) is 11.6 Å². The van der Waals surface area contributed by atoms with Crippen molar-refractivity contribution in [1.29, 1.82) is 0 Å². The van der Waals surface area contributed by atoms with Gasteiger partial charge in [-0.3, -0.25) is 4.79 Å². The average Bonchev–Trinajstić information content (AvgIpc) is 1.95. The fourth-order valence-corrected chi connectivity index (χ4v) is 1.06. The predicted octanol–water partition coefficient (Wildman–Crippen LogP) is 1.18. The summed E-state index contributed by atoms with van der Waals surface area (Å²) in [5, 5.41) is 0. The van der Waals surface area contributed by atoms with Gasteiger partial charge in [-0.25, -0.2) is 0 Å². The van der Waals surface area contributed by atoms with E-state index in [1.165, 1.54) is 5.57 Å². The summed E-state index contributed by atoms with van der Waals surface area (Å²) in [7, 11) is 1.84. The lowest BCUT2D eigenvalue weighted by molar-refractivity contribution is -0.125. The Morgan fingerprint density at radius 3 is 2.90 bits per heavy atom. The summed E-state index contributed by atoms with van der Waals surface area (Å²) < 4.78 is 0. The largest absolute Gasteiger partial charge is 0.342 e. The molecule has 0 fully saturated rings. The van der Waals surface area contributed by atoms with Gasteiger partial charge >= 0.3 is 0 Å². The lowest BCUT2D eigenvalue weighted by Gasteiger charge is -2.21. The molecule has 1 amide bonds. The van der Waals surface area contributed by atoms with E-state index in [0.29, 0.717) is 0 Å². The fourth-order valence-electron chi connectivity index (χ4n) is 1.06. The molecule has 0 N–H and O–H groups in total. The summed E-state index contributed by atoms with van der Waals surface area (Å²) in [6.07, 6.45) is 3.82. The van der Waals surface area contributed by atoms with Crippen LogP contribution in [0.4, 0.5) is 0 Å². The van der Waals surface area contributed by atoms with Gasteiger partial charge in [0.15, 0.2) is 0 Å². The molecule has 1 rings (SSSR count). The first-order chi connectivity index (χ1) is 4.74. The second-order valence-corrected chi connectivity index (χ2v) is 2.67. The van der Waals surface area contributed by atoms with Gasteiger partial charge in [-0.15, -0.1) is 0 Å². The first kappa shape index (κ1) is 7.32. The van der Waals surface area contributed by atoms with Crippen LogP contribution in [-0.4, -0.2) is 24.4 Å². The van der Waals surface area contributed by atoms with Crippen LogP contribution in [-0.2, 0) is 4.79 Å². The van der Waals surface area contributed by atoms with Crippen LogP contribution in [0.1, 0.15) is 19.8 Å². The molecule has 0 aromatic carbocycles. The molecule has 0 saturated heterocycles. The van der Waals surface area contributed by atoms with Gasteiger partial charge in [0.1, 0.15) is 0 Å². The standard InChI is InChI=1S/C8H13NO/c1-3-7-4-5-9(2)8(10)6-7/h6H,3-5H2,1-2H3. The Kier molecular flexibility index (Phi) is 2.10. The third-order valence-electron chi connectivity index (χ3n) is 1.93. The van der Waals surface area contributed by atoms with Gasteiger partial charge in [-0.2, -0.15) is 0 Å². The van der Waals surface area contributed by atoms with Gasteiger partial charge in [-0.05, 0) is 12.8 Å². The fraction of sp³-hybridized carbons (Fsp3) is 0.625. The molecule has 0 bridgehead atoms. The Morgan fingerprint density at radius 2 is 2.40 bits per heavy atom. The van der Waals surface area contributed by atoms with Crippen molar-refractivity contribution in [2.75, 3.05) is 13.6 Å². The summed E-state index contributed by atoms with van der Waals surface area (Å²) in [6.45, 7) is 2.98. The first-order valence-electron chi connectivity index (χ1n) is 3.68. The van der Waals surface area contributed by atoms with Crippen molar-refractivity contribution in [2.45, 2.75) is 19.8 Å². The van der Waals surface area contributed by atoms with Crippen molar-refractivity contribution in [3.05, 3.63) is 11.6 Å². The number of carbonyl (C=O) groups is 1. The topological polar surface area (TPSA) is 20.3 Å². The first-order valence-corrected chi connectivity index (χ1v) is 3.68. The molecule has 0 aromatic heterocycles. The molecule has 2 nitrogen and oxygen atoms in total. The molecular weight excluding hydrogens is 126 g/mol. The maximum Gasteiger partial charge on any atom is 0.246 e. The molecular formula is C8H13NO. The molecule has 1 heterocycles. The molecule has 0 spiro atoms. The number of nitrogens with zero attached hydrogens (tertiary/aromatic N) is 1. The van der Waals surface area contributed by atoms with Crippen LogP contribution in [0.25, 0.3) is 0 Å². The highest BCUT2D eigenvalue weighted by atomic mass is 16.2. The maximum absolute atomic E-state index is 11.0. The van der Waals surface area contributed by atoms with E-state index in [2.05, 4.69) is 6.92 Å². The van der Waals surface area contributed by atoms with Gasteiger partial charge in [0.25, 0.3) is 0 Å². The van der Waals surface area contributed by atoms with E-state index in [0.717, 1.165) is 19.4 Å². The van der Waals surface area contributed by atoms with E-state index >= 15 is 0 Å². The third-order valence-corrected chi connectivity index (χ3v) is 1.93. The molecule has 2 heteroatoms. The molecule has 0 unspecified atom stereocenters. The number of likely N-dealkylation sites (N-methyl/N-ethyl adjacent to an activating group) is 1. The van der Waals surface area contributed by atoms with Gasteiger partial charge in [0, 0.05) is 19.7 Å². The molecule has 10 heavy (non-hydrogen) atoms. The molecule has 1 aliphatic heterocycles. The van der Waals surface area contributed by atoms with Crippen molar-refractivity contribution in [3.63, 3.8) is 0 Å². The zero-order valence-corrected chi connectivity index (χ0v) is 6.55. The lowest BCUT2D eigenvalue weighted by atomic mass is 10.1. The average molecular weight is 139 g/mol. The smallest absolute Gasteiger partial charge is 0.246 e. The minimum Gasteiger partial charge on any atom is -0.342 e. The lowest BCUT2D eigenvalue weighted by Crippen LogP contribution is -2.29. The summed E-state index contributed by atoms with van der Waals surface area (Å²) >= 11 is 0. The molecule has 56 valence electrons. The van der Waals surface area contributed by atoms with Crippen LogP contribution in [0, 0.1) is 0 Å². The molecule has 0 radical (unpaired) electrons. The Hall–Kier alpha value is -0.790. The number of hydrogen-bond donors (Lipinski definition) is 0. The molecule has 0 saturated carbocycles. The second kappa shape index (κ2) is 2.86. The highest BCUT2D eigenvalue weighted by Gasteiger charge is 2.12. The quantitative estimate of drug-likeness (QED) is 0.534. The zero-order chi connectivity index (χ0) is 7.56. The van der Waals surface area contributed by atoms with Crippen molar-refractivity contribution in [3.8, 4) is 0 Å². The number of carbonyl (C=O) groups excluding carboxylic acids is 1. The monoisotopic (exact) mass is 139 g/mol. The van der Waals surface area contributed by atoms with E-state index in [-0.39, 0.29) is 5.91 Å². The van der Waals surface area contributed by atoms with E-state index in [4.69, 9.17) is 0 Å². The number of hydrogen-bond acceptors (Lipinski definition) is 1. The van der Waals surface area contributed by atoms with E-state index in [1.807, 2.05) is 7.05 Å². The van der Waals surface area contributed by atoms with Crippen LogP contribution >= 0.6 is 0 Å². The van der Waals surface area contributed by atoms with E-state index < -0.39 is 0 Å². The van der Waals surface area contributed by atoms with E-state index in [1.54, 1.807) is 11.0 Å². The minimum atomic E-state index is 0.156. The van der Waals surface area contributed by atoms with Crippen LogP contribution in [0.5, 0.6) is 0 Å². The molecule has 0 atom stereocenters. The van der Waals surface area contributed by atoms with Crippen molar-refractivity contribution in [1.82, 2.24) is 4.90 Å². The summed E-state index contributed by atoms with van der Waals surface area (Å²) in [6, 6.07) is 0. The minimum absolute atomic E-state index is 0.156. The highest BCUT2D eigenvalue weighted by Crippen LogP contribution is 2.12. The third kappa shape index (κ3) is 1.38. The number of rotatable bonds is 1. The van der Waals surface area contributed by atoms with Gasteiger partial charge < -0.3 is 4.90 Å². The van der Waals surface area contributed by atoms with Crippen LogP contribution < -0.4 is 0 Å². The predicted molar refractivity (Wildman–Crippen MR) is 40.6 cm³/mol. The Labute approximate surface area is 61.5 Å². The van der Waals surface area contributed by atoms with Crippen molar-refractivity contribution < 1.29 is 4.79 Å². The summed E-state index contributed by atoms with van der Waals surface area (Å²) in [4.78, 5) is 12.8. The van der Waals surface area contributed by atoms with Crippen molar-refractivity contribution >= 4 is 5.91 Å². The summed E-state index contributed by atoms with van der Waals surface area (Å²) in [5.41, 5.74) is 1.28.